The minimum Gasteiger partial charge on any atom is -0.317 e. The first-order valence-electron chi connectivity index (χ1n) is 3.83. The van der Waals surface area contributed by atoms with Gasteiger partial charge in [-0.25, -0.2) is 6.57 Å². The molecule has 0 aliphatic rings. The molecule has 0 heterocycles. The number of nitrogens with zero attached hydrogens (tertiary/aromatic N) is 1. The molecule has 1 rings (SSSR count). The Balaban J connectivity index is 2.90. The standard InChI is InChI=1S/C10H10ClN/c1-8-4-3-5-10(11)9(8)6-7-12-2/h3-5H,6-7H2,1H3. The molecule has 0 saturated heterocycles. The van der Waals surface area contributed by atoms with Crippen molar-refractivity contribution in [3.8, 4) is 0 Å². The van der Waals surface area contributed by atoms with Crippen LogP contribution in [-0.4, -0.2) is 6.54 Å². The lowest BCUT2D eigenvalue weighted by Crippen LogP contribution is -1.92. The lowest BCUT2D eigenvalue weighted by molar-refractivity contribution is 1.06. The quantitative estimate of drug-likeness (QED) is 0.615. The van der Waals surface area contributed by atoms with Crippen molar-refractivity contribution in [3.05, 3.63) is 45.8 Å². The summed E-state index contributed by atoms with van der Waals surface area (Å²) in [7, 11) is 0. The summed E-state index contributed by atoms with van der Waals surface area (Å²) in [5.74, 6) is 0. The van der Waals surface area contributed by atoms with Crippen LogP contribution in [0.5, 0.6) is 0 Å². The highest BCUT2D eigenvalue weighted by molar-refractivity contribution is 6.31. The van der Waals surface area contributed by atoms with Gasteiger partial charge in [-0.1, -0.05) is 23.7 Å². The van der Waals surface area contributed by atoms with E-state index < -0.39 is 0 Å². The van der Waals surface area contributed by atoms with Gasteiger partial charge in [-0.05, 0) is 24.1 Å². The van der Waals surface area contributed by atoms with Crippen molar-refractivity contribution >= 4 is 11.6 Å². The van der Waals surface area contributed by atoms with E-state index in [0.717, 1.165) is 17.0 Å². The van der Waals surface area contributed by atoms with Gasteiger partial charge in [-0.3, -0.25) is 0 Å². The molecular weight excluding hydrogens is 170 g/mol. The molecule has 12 heavy (non-hydrogen) atoms. The maximum atomic E-state index is 6.67. The molecule has 0 spiro atoms. The van der Waals surface area contributed by atoms with Crippen LogP contribution in [0.2, 0.25) is 5.02 Å². The molecule has 0 aliphatic carbocycles. The van der Waals surface area contributed by atoms with Crippen molar-refractivity contribution < 1.29 is 0 Å². The summed E-state index contributed by atoms with van der Waals surface area (Å²) >= 11 is 5.96. The van der Waals surface area contributed by atoms with Crippen LogP contribution in [-0.2, 0) is 6.42 Å². The number of aryl methyl sites for hydroxylation is 1. The Kier molecular flexibility index (Phi) is 3.13. The molecule has 0 saturated carbocycles. The van der Waals surface area contributed by atoms with Gasteiger partial charge in [-0.15, -0.1) is 0 Å². The van der Waals surface area contributed by atoms with Gasteiger partial charge in [0.15, 0.2) is 0 Å². The van der Waals surface area contributed by atoms with E-state index in [4.69, 9.17) is 18.2 Å². The molecular formula is C10H10ClN. The molecule has 0 unspecified atom stereocenters. The Morgan fingerprint density at radius 2 is 2.25 bits per heavy atom. The molecule has 1 aromatic rings. The van der Waals surface area contributed by atoms with Gasteiger partial charge >= 0.3 is 0 Å². The lowest BCUT2D eigenvalue weighted by Gasteiger charge is -2.03. The second kappa shape index (κ2) is 4.13. The van der Waals surface area contributed by atoms with Crippen molar-refractivity contribution in [1.82, 2.24) is 0 Å². The van der Waals surface area contributed by atoms with Gasteiger partial charge in [-0.2, -0.15) is 0 Å². The first-order valence-corrected chi connectivity index (χ1v) is 4.20. The molecule has 0 N–H and O–H groups in total. The highest BCUT2D eigenvalue weighted by Gasteiger charge is 2.03. The van der Waals surface area contributed by atoms with Crippen LogP contribution < -0.4 is 0 Å². The largest absolute Gasteiger partial charge is 0.317 e. The maximum absolute atomic E-state index is 6.67. The van der Waals surface area contributed by atoms with Crippen LogP contribution in [0, 0.1) is 13.5 Å². The Hall–Kier alpha value is -1.00. The average molecular weight is 180 g/mol. The van der Waals surface area contributed by atoms with Gasteiger partial charge in [0.2, 0.25) is 6.54 Å². The van der Waals surface area contributed by atoms with Crippen molar-refractivity contribution in [2.45, 2.75) is 13.3 Å². The van der Waals surface area contributed by atoms with Gasteiger partial charge in [0.25, 0.3) is 0 Å². The summed E-state index contributed by atoms with van der Waals surface area (Å²) in [6.45, 7) is 9.21. The summed E-state index contributed by atoms with van der Waals surface area (Å²) in [4.78, 5) is 3.30. The fourth-order valence-electron chi connectivity index (χ4n) is 1.15. The third kappa shape index (κ3) is 1.99. The van der Waals surface area contributed by atoms with Crippen LogP contribution in [0.25, 0.3) is 4.85 Å². The van der Waals surface area contributed by atoms with E-state index in [-0.39, 0.29) is 0 Å². The number of hydrogen-bond donors (Lipinski definition) is 0. The van der Waals surface area contributed by atoms with Gasteiger partial charge in [0, 0.05) is 11.4 Å². The predicted octanol–water partition coefficient (Wildman–Crippen LogP) is 3.11. The highest BCUT2D eigenvalue weighted by atomic mass is 35.5. The van der Waals surface area contributed by atoms with E-state index in [1.54, 1.807) is 0 Å². The Morgan fingerprint density at radius 3 is 2.83 bits per heavy atom. The van der Waals surface area contributed by atoms with E-state index in [9.17, 15) is 0 Å². The Morgan fingerprint density at radius 1 is 1.50 bits per heavy atom. The number of rotatable bonds is 2. The SMILES string of the molecule is [C-]#[N+]CCc1c(C)cccc1Cl. The zero-order valence-corrected chi connectivity index (χ0v) is 7.73. The summed E-state index contributed by atoms with van der Waals surface area (Å²) < 4.78 is 0. The first-order chi connectivity index (χ1) is 5.75. The molecule has 62 valence electrons. The number of halogens is 1. The van der Waals surface area contributed by atoms with Crippen LogP contribution in [0.3, 0.4) is 0 Å². The van der Waals surface area contributed by atoms with Gasteiger partial charge < -0.3 is 4.85 Å². The van der Waals surface area contributed by atoms with E-state index >= 15 is 0 Å². The van der Waals surface area contributed by atoms with Crippen LogP contribution in [0.15, 0.2) is 18.2 Å². The molecule has 0 radical (unpaired) electrons. The van der Waals surface area contributed by atoms with Crippen molar-refractivity contribution in [2.75, 3.05) is 6.54 Å². The second-order valence-corrected chi connectivity index (χ2v) is 3.07. The van der Waals surface area contributed by atoms with Gasteiger partial charge in [0.1, 0.15) is 0 Å². The average Bonchev–Trinajstić information content (AvgIpc) is 2.04. The molecule has 1 aromatic carbocycles. The monoisotopic (exact) mass is 179 g/mol. The van der Waals surface area contributed by atoms with Crippen molar-refractivity contribution in [3.63, 3.8) is 0 Å². The number of hydrogen-bond acceptors (Lipinski definition) is 0. The first kappa shape index (κ1) is 9.09. The number of benzene rings is 1. The van der Waals surface area contributed by atoms with Crippen LogP contribution >= 0.6 is 11.6 Å². The van der Waals surface area contributed by atoms with Crippen LogP contribution in [0.4, 0.5) is 0 Å². The molecule has 0 aliphatic heterocycles. The zero-order valence-electron chi connectivity index (χ0n) is 6.97. The summed E-state index contributed by atoms with van der Waals surface area (Å²) in [5, 5.41) is 0.777. The molecule has 0 bridgehead atoms. The predicted molar refractivity (Wildman–Crippen MR) is 51.4 cm³/mol. The summed E-state index contributed by atoms with van der Waals surface area (Å²) in [5.41, 5.74) is 2.28. The molecule has 0 amide bonds. The van der Waals surface area contributed by atoms with Crippen LogP contribution in [0.1, 0.15) is 11.1 Å². The summed E-state index contributed by atoms with van der Waals surface area (Å²) in [6.07, 6.45) is 0.759. The van der Waals surface area contributed by atoms with E-state index in [2.05, 4.69) is 4.85 Å². The smallest absolute Gasteiger partial charge is 0.218 e. The maximum Gasteiger partial charge on any atom is 0.218 e. The van der Waals surface area contributed by atoms with E-state index in [1.807, 2.05) is 25.1 Å². The highest BCUT2D eigenvalue weighted by Crippen LogP contribution is 2.19. The van der Waals surface area contributed by atoms with E-state index in [1.165, 1.54) is 5.56 Å². The Bertz CT molecular complexity index is 292. The lowest BCUT2D eigenvalue weighted by atomic mass is 10.1. The molecule has 0 atom stereocenters. The molecule has 1 nitrogen and oxygen atoms in total. The van der Waals surface area contributed by atoms with Crippen molar-refractivity contribution in [1.29, 1.82) is 0 Å². The minimum atomic E-state index is 0.518. The summed E-state index contributed by atoms with van der Waals surface area (Å²) in [6, 6.07) is 5.82. The minimum absolute atomic E-state index is 0.518. The third-order valence-electron chi connectivity index (χ3n) is 1.83. The normalized spacial score (nSPS) is 9.42. The Labute approximate surface area is 77.8 Å². The topological polar surface area (TPSA) is 4.36 Å². The third-order valence-corrected chi connectivity index (χ3v) is 2.18. The molecule has 2 heteroatoms. The molecule has 0 fully saturated rings. The zero-order chi connectivity index (χ0) is 8.97. The second-order valence-electron chi connectivity index (χ2n) is 2.67. The van der Waals surface area contributed by atoms with E-state index in [0.29, 0.717) is 6.54 Å². The fourth-order valence-corrected chi connectivity index (χ4v) is 1.47. The molecule has 0 aromatic heterocycles. The van der Waals surface area contributed by atoms with Gasteiger partial charge in [0.05, 0.1) is 0 Å². The fraction of sp³-hybridized carbons (Fsp3) is 0.300. The van der Waals surface area contributed by atoms with Crippen molar-refractivity contribution in [2.24, 2.45) is 0 Å².